The van der Waals surface area contributed by atoms with Crippen molar-refractivity contribution in [1.82, 2.24) is 10.3 Å². The van der Waals surface area contributed by atoms with Crippen LogP contribution < -0.4 is 10.2 Å². The van der Waals surface area contributed by atoms with Crippen molar-refractivity contribution in [1.29, 1.82) is 0 Å². The molecule has 0 unspecified atom stereocenters. The van der Waals surface area contributed by atoms with Crippen LogP contribution in [0.1, 0.15) is 5.56 Å². The Morgan fingerprint density at radius 2 is 2.31 bits per heavy atom. The van der Waals surface area contributed by atoms with Gasteiger partial charge < -0.3 is 15.0 Å². The summed E-state index contributed by atoms with van der Waals surface area (Å²) in [4.78, 5) is 6.06. The molecule has 1 aromatic rings. The Morgan fingerprint density at radius 3 is 2.94 bits per heavy atom. The van der Waals surface area contributed by atoms with Crippen LogP contribution in [0.3, 0.4) is 0 Å². The Morgan fingerprint density at radius 1 is 1.56 bits per heavy atom. The molecule has 90 valence electrons. The summed E-state index contributed by atoms with van der Waals surface area (Å²) in [6, 6.07) is 1.50. The molecule has 1 aromatic heterocycles. The number of nitrogens with one attached hydrogen (secondary N) is 1. The number of hydrogen-bond acceptors (Lipinski definition) is 4. The zero-order valence-corrected chi connectivity index (χ0v) is 9.96. The predicted octanol–water partition coefficient (Wildman–Crippen LogP) is 1.02. The highest BCUT2D eigenvalue weighted by Crippen LogP contribution is 2.16. The number of ether oxygens (including phenoxy) is 1. The van der Waals surface area contributed by atoms with E-state index in [0.29, 0.717) is 13.2 Å². The molecule has 1 rings (SSSR count). The zero-order chi connectivity index (χ0) is 12.0. The molecule has 0 aliphatic rings. The van der Waals surface area contributed by atoms with Gasteiger partial charge in [-0.25, -0.2) is 9.37 Å². The summed E-state index contributed by atoms with van der Waals surface area (Å²) in [5, 5.41) is 3.00. The minimum atomic E-state index is -0.311. The first-order chi connectivity index (χ1) is 7.69. The van der Waals surface area contributed by atoms with Crippen molar-refractivity contribution in [3.63, 3.8) is 0 Å². The van der Waals surface area contributed by atoms with Crippen LogP contribution in [0.4, 0.5) is 10.2 Å². The van der Waals surface area contributed by atoms with Crippen LogP contribution in [0.25, 0.3) is 0 Å². The second-order valence-corrected chi connectivity index (χ2v) is 3.58. The van der Waals surface area contributed by atoms with E-state index in [1.807, 2.05) is 19.0 Å². The lowest BCUT2D eigenvalue weighted by Gasteiger charge is -2.20. The molecule has 0 aromatic carbocycles. The molecule has 4 nitrogen and oxygen atoms in total. The summed E-state index contributed by atoms with van der Waals surface area (Å²) in [7, 11) is 5.39. The number of nitrogens with zero attached hydrogens (tertiary/aromatic N) is 2. The quantitative estimate of drug-likeness (QED) is 0.787. The molecule has 0 amide bonds. The lowest BCUT2D eigenvalue weighted by Crippen LogP contribution is -2.25. The van der Waals surface area contributed by atoms with Crippen molar-refractivity contribution < 1.29 is 9.13 Å². The molecule has 0 atom stereocenters. The molecule has 0 radical (unpaired) electrons. The third-order valence-electron chi connectivity index (χ3n) is 2.27. The summed E-state index contributed by atoms with van der Waals surface area (Å²) in [6.07, 6.45) is 1.23. The maximum atomic E-state index is 13.1. The van der Waals surface area contributed by atoms with Crippen LogP contribution in [-0.4, -0.2) is 39.3 Å². The third-order valence-corrected chi connectivity index (χ3v) is 2.27. The Hall–Kier alpha value is -1.20. The van der Waals surface area contributed by atoms with Crippen molar-refractivity contribution in [2.75, 3.05) is 39.3 Å². The van der Waals surface area contributed by atoms with E-state index in [9.17, 15) is 4.39 Å². The second-order valence-electron chi connectivity index (χ2n) is 3.58. The van der Waals surface area contributed by atoms with Crippen molar-refractivity contribution in [2.24, 2.45) is 0 Å². The molecule has 0 spiro atoms. The fraction of sp³-hybridized carbons (Fsp3) is 0.545. The van der Waals surface area contributed by atoms with Crippen LogP contribution in [0.5, 0.6) is 0 Å². The lowest BCUT2D eigenvalue weighted by atomic mass is 10.2. The van der Waals surface area contributed by atoms with Gasteiger partial charge in [-0.15, -0.1) is 0 Å². The minimum Gasteiger partial charge on any atom is -0.383 e. The van der Waals surface area contributed by atoms with Gasteiger partial charge in [0.1, 0.15) is 11.6 Å². The normalized spacial score (nSPS) is 10.5. The fourth-order valence-electron chi connectivity index (χ4n) is 1.47. The molecule has 1 N–H and O–H groups in total. The second kappa shape index (κ2) is 6.40. The number of methoxy groups -OCH3 is 1. The Kier molecular flexibility index (Phi) is 5.14. The first-order valence-electron chi connectivity index (χ1n) is 5.18. The van der Waals surface area contributed by atoms with Crippen LogP contribution in [0.15, 0.2) is 12.3 Å². The number of hydrogen-bond donors (Lipinski definition) is 1. The average molecular weight is 227 g/mol. The zero-order valence-electron chi connectivity index (χ0n) is 9.96. The number of likely N-dealkylation sites (N-methyl/N-ethyl adjacent to an activating group) is 1. The summed E-state index contributed by atoms with van der Waals surface area (Å²) < 4.78 is 18.1. The van der Waals surface area contributed by atoms with Gasteiger partial charge in [-0.05, 0) is 13.1 Å². The van der Waals surface area contributed by atoms with E-state index >= 15 is 0 Å². The van der Waals surface area contributed by atoms with Gasteiger partial charge in [0.25, 0.3) is 0 Å². The smallest absolute Gasteiger partial charge is 0.141 e. The van der Waals surface area contributed by atoms with Crippen molar-refractivity contribution in [3.05, 3.63) is 23.6 Å². The van der Waals surface area contributed by atoms with Gasteiger partial charge in [-0.1, -0.05) is 0 Å². The number of halogens is 1. The summed E-state index contributed by atoms with van der Waals surface area (Å²) in [5.74, 6) is 0.474. The van der Waals surface area contributed by atoms with E-state index in [-0.39, 0.29) is 5.82 Å². The lowest BCUT2D eigenvalue weighted by molar-refractivity contribution is 0.206. The van der Waals surface area contributed by atoms with E-state index in [1.165, 1.54) is 12.3 Å². The first kappa shape index (κ1) is 12.9. The molecule has 16 heavy (non-hydrogen) atoms. The monoisotopic (exact) mass is 227 g/mol. The van der Waals surface area contributed by atoms with Crippen LogP contribution in [-0.2, 0) is 11.3 Å². The highest BCUT2D eigenvalue weighted by Gasteiger charge is 2.09. The molecule has 0 saturated carbocycles. The highest BCUT2D eigenvalue weighted by atomic mass is 19.1. The Labute approximate surface area is 95.4 Å². The van der Waals surface area contributed by atoms with E-state index in [1.54, 1.807) is 7.11 Å². The molecule has 0 saturated heterocycles. The van der Waals surface area contributed by atoms with Crippen molar-refractivity contribution in [2.45, 2.75) is 6.54 Å². The van der Waals surface area contributed by atoms with Gasteiger partial charge in [0.15, 0.2) is 0 Å². The van der Waals surface area contributed by atoms with E-state index in [0.717, 1.165) is 17.9 Å². The molecule has 1 heterocycles. The number of rotatable bonds is 6. The van der Waals surface area contributed by atoms with Gasteiger partial charge in [-0.2, -0.15) is 0 Å². The Balaban J connectivity index is 2.84. The number of aromatic nitrogens is 1. The standard InChI is InChI=1S/C11H18FN3O/c1-13-7-9-6-10(12)8-14-11(9)15(2)4-5-16-3/h6,8,13H,4-5,7H2,1-3H3. The summed E-state index contributed by atoms with van der Waals surface area (Å²) >= 11 is 0. The van der Waals surface area contributed by atoms with E-state index in [4.69, 9.17) is 4.74 Å². The summed E-state index contributed by atoms with van der Waals surface area (Å²) in [5.41, 5.74) is 0.848. The molecule has 5 heteroatoms. The topological polar surface area (TPSA) is 37.4 Å². The van der Waals surface area contributed by atoms with Gasteiger partial charge in [-0.3, -0.25) is 0 Å². The van der Waals surface area contributed by atoms with Gasteiger partial charge in [0, 0.05) is 32.8 Å². The van der Waals surface area contributed by atoms with Crippen LogP contribution >= 0.6 is 0 Å². The highest BCUT2D eigenvalue weighted by molar-refractivity contribution is 5.46. The van der Waals surface area contributed by atoms with E-state index < -0.39 is 0 Å². The molecule has 0 aliphatic carbocycles. The van der Waals surface area contributed by atoms with Crippen LogP contribution in [0, 0.1) is 5.82 Å². The van der Waals surface area contributed by atoms with Crippen molar-refractivity contribution >= 4 is 5.82 Å². The summed E-state index contributed by atoms with van der Waals surface area (Å²) in [6.45, 7) is 1.94. The van der Waals surface area contributed by atoms with Crippen LogP contribution in [0.2, 0.25) is 0 Å². The van der Waals surface area contributed by atoms with Gasteiger partial charge >= 0.3 is 0 Å². The maximum absolute atomic E-state index is 13.1. The third kappa shape index (κ3) is 3.43. The Bertz CT molecular complexity index is 333. The molecular formula is C11H18FN3O. The SMILES string of the molecule is CNCc1cc(F)cnc1N(C)CCOC. The van der Waals surface area contributed by atoms with Crippen molar-refractivity contribution in [3.8, 4) is 0 Å². The molecule has 0 bridgehead atoms. The molecular weight excluding hydrogens is 209 g/mol. The fourth-order valence-corrected chi connectivity index (χ4v) is 1.47. The first-order valence-corrected chi connectivity index (χ1v) is 5.18. The molecule has 0 aliphatic heterocycles. The molecule has 0 fully saturated rings. The van der Waals surface area contributed by atoms with E-state index in [2.05, 4.69) is 10.3 Å². The number of pyridine rings is 1. The largest absolute Gasteiger partial charge is 0.383 e. The number of anilines is 1. The average Bonchev–Trinajstić information content (AvgIpc) is 2.26. The predicted molar refractivity (Wildman–Crippen MR) is 62.1 cm³/mol. The maximum Gasteiger partial charge on any atom is 0.141 e. The minimum absolute atomic E-state index is 0.311. The van der Waals surface area contributed by atoms with Gasteiger partial charge in [0.2, 0.25) is 0 Å². The van der Waals surface area contributed by atoms with Gasteiger partial charge in [0.05, 0.1) is 12.8 Å².